The van der Waals surface area contributed by atoms with Crippen LogP contribution in [0.1, 0.15) is 46.0 Å². The maximum Gasteiger partial charge on any atom is 0.263 e. The number of anilines is 1. The van der Waals surface area contributed by atoms with Crippen LogP contribution in [0.15, 0.2) is 29.4 Å². The summed E-state index contributed by atoms with van der Waals surface area (Å²) in [6.07, 6.45) is 6.17. The quantitative estimate of drug-likeness (QED) is 0.736. The lowest BCUT2D eigenvalue weighted by Crippen LogP contribution is -2.47. The molecule has 0 spiro atoms. The molecule has 8 heteroatoms. The molecule has 26 heavy (non-hydrogen) atoms. The largest absolute Gasteiger partial charge is 0.494 e. The number of carbonyl (C=O) groups is 1. The summed E-state index contributed by atoms with van der Waals surface area (Å²) in [5, 5.41) is 4.18. The van der Waals surface area contributed by atoms with Crippen LogP contribution < -0.4 is 14.5 Å². The number of amides is 1. The Kier molecular flexibility index (Phi) is 7.02. The first kappa shape index (κ1) is 20.2. The molecular formula is C18H27N3O4S. The van der Waals surface area contributed by atoms with Crippen molar-refractivity contribution >= 4 is 27.3 Å². The minimum atomic E-state index is -3.65. The molecular weight excluding hydrogens is 354 g/mol. The Balaban J connectivity index is 2.16. The average molecular weight is 381 g/mol. The van der Waals surface area contributed by atoms with Crippen LogP contribution in [0.5, 0.6) is 5.75 Å². The van der Waals surface area contributed by atoms with Gasteiger partial charge in [0.1, 0.15) is 11.8 Å². The lowest BCUT2D eigenvalue weighted by Gasteiger charge is -2.27. The van der Waals surface area contributed by atoms with E-state index in [4.69, 9.17) is 4.74 Å². The summed E-state index contributed by atoms with van der Waals surface area (Å²) in [4.78, 5) is 12.5. The van der Waals surface area contributed by atoms with Gasteiger partial charge >= 0.3 is 0 Å². The summed E-state index contributed by atoms with van der Waals surface area (Å²) in [7, 11) is -3.65. The van der Waals surface area contributed by atoms with Gasteiger partial charge in [0, 0.05) is 5.71 Å². The molecule has 2 rings (SSSR count). The first-order valence-corrected chi connectivity index (χ1v) is 10.8. The molecule has 0 unspecified atom stereocenters. The molecule has 0 saturated heterocycles. The molecule has 0 aromatic heterocycles. The monoisotopic (exact) mass is 381 g/mol. The van der Waals surface area contributed by atoms with Gasteiger partial charge in [0.15, 0.2) is 0 Å². The molecule has 1 aromatic rings. The lowest BCUT2D eigenvalue weighted by atomic mass is 9.99. The molecule has 1 saturated carbocycles. The van der Waals surface area contributed by atoms with E-state index in [1.165, 1.54) is 6.42 Å². The molecule has 1 aromatic carbocycles. The normalized spacial score (nSPS) is 15.9. The van der Waals surface area contributed by atoms with E-state index in [0.29, 0.717) is 18.0 Å². The molecule has 144 valence electrons. The van der Waals surface area contributed by atoms with Gasteiger partial charge < -0.3 is 4.74 Å². The second-order valence-electron chi connectivity index (χ2n) is 6.38. The zero-order valence-corrected chi connectivity index (χ0v) is 16.4. The molecule has 0 bridgehead atoms. The van der Waals surface area contributed by atoms with Crippen LogP contribution in [0.3, 0.4) is 0 Å². The van der Waals surface area contributed by atoms with Crippen LogP contribution in [0.2, 0.25) is 0 Å². The molecule has 0 heterocycles. The summed E-state index contributed by atoms with van der Waals surface area (Å²) in [5.41, 5.74) is 3.89. The number of hydrogen-bond donors (Lipinski definition) is 1. The highest BCUT2D eigenvalue weighted by molar-refractivity contribution is 7.92. The zero-order chi connectivity index (χ0) is 19.2. The standard InChI is InChI=1S/C18H27N3O4S/c1-4-25-17-12-10-16(11-13-17)21(26(3,23)24)14(2)18(22)20-19-15-8-6-5-7-9-15/h10-14H,4-9H2,1-3H3,(H,20,22)/t14-/m1/s1. The molecule has 1 N–H and O–H groups in total. The third kappa shape index (κ3) is 5.45. The van der Waals surface area contributed by atoms with E-state index in [0.717, 1.165) is 42.0 Å². The number of benzene rings is 1. The van der Waals surface area contributed by atoms with Crippen molar-refractivity contribution in [3.8, 4) is 5.75 Å². The highest BCUT2D eigenvalue weighted by atomic mass is 32.2. The van der Waals surface area contributed by atoms with Crippen molar-refractivity contribution in [2.75, 3.05) is 17.2 Å². The Morgan fingerprint density at radius 1 is 1.23 bits per heavy atom. The summed E-state index contributed by atoms with van der Waals surface area (Å²) in [6.45, 7) is 3.94. The number of rotatable bonds is 7. The van der Waals surface area contributed by atoms with Crippen LogP contribution in [-0.4, -0.2) is 38.9 Å². The molecule has 1 fully saturated rings. The minimum absolute atomic E-state index is 0.406. The van der Waals surface area contributed by atoms with Crippen LogP contribution in [0.25, 0.3) is 0 Å². The van der Waals surface area contributed by atoms with Crippen molar-refractivity contribution in [1.82, 2.24) is 5.43 Å². The van der Waals surface area contributed by atoms with Crippen molar-refractivity contribution in [2.45, 2.75) is 52.0 Å². The van der Waals surface area contributed by atoms with Crippen LogP contribution in [0, 0.1) is 0 Å². The van der Waals surface area contributed by atoms with Gasteiger partial charge in [-0.1, -0.05) is 6.42 Å². The van der Waals surface area contributed by atoms with Gasteiger partial charge in [-0.05, 0) is 63.8 Å². The molecule has 7 nitrogen and oxygen atoms in total. The van der Waals surface area contributed by atoms with E-state index in [2.05, 4.69) is 10.5 Å². The van der Waals surface area contributed by atoms with Crippen molar-refractivity contribution < 1.29 is 17.9 Å². The number of hydrogen-bond acceptors (Lipinski definition) is 5. The molecule has 1 aliphatic rings. The molecule has 1 amide bonds. The Morgan fingerprint density at radius 3 is 2.38 bits per heavy atom. The molecule has 1 aliphatic carbocycles. The van der Waals surface area contributed by atoms with Crippen molar-refractivity contribution in [3.63, 3.8) is 0 Å². The zero-order valence-electron chi connectivity index (χ0n) is 15.6. The SMILES string of the molecule is CCOc1ccc(N([C@H](C)C(=O)NN=C2CCCCC2)S(C)(=O)=O)cc1. The van der Waals surface area contributed by atoms with E-state index in [9.17, 15) is 13.2 Å². The second-order valence-corrected chi connectivity index (χ2v) is 8.24. The van der Waals surface area contributed by atoms with Crippen LogP contribution in [0.4, 0.5) is 5.69 Å². The summed E-state index contributed by atoms with van der Waals surface area (Å²) >= 11 is 0. The van der Waals surface area contributed by atoms with Crippen LogP contribution >= 0.6 is 0 Å². The van der Waals surface area contributed by atoms with Gasteiger partial charge in [-0.2, -0.15) is 5.10 Å². The molecule has 1 atom stereocenters. The van der Waals surface area contributed by atoms with Gasteiger partial charge in [0.25, 0.3) is 5.91 Å². The van der Waals surface area contributed by atoms with Crippen LogP contribution in [-0.2, 0) is 14.8 Å². The summed E-state index contributed by atoms with van der Waals surface area (Å²) < 4.78 is 31.0. The maximum absolute atomic E-state index is 12.5. The number of sulfonamides is 1. The summed E-state index contributed by atoms with van der Waals surface area (Å²) in [6, 6.07) is 5.70. The fourth-order valence-electron chi connectivity index (χ4n) is 2.96. The van der Waals surface area contributed by atoms with Gasteiger partial charge in [-0.15, -0.1) is 0 Å². The highest BCUT2D eigenvalue weighted by Gasteiger charge is 2.29. The number of nitrogens with zero attached hydrogens (tertiary/aromatic N) is 2. The number of carbonyl (C=O) groups excluding carboxylic acids is 1. The lowest BCUT2D eigenvalue weighted by molar-refractivity contribution is -0.121. The van der Waals surface area contributed by atoms with Gasteiger partial charge in [-0.25, -0.2) is 13.8 Å². The number of ether oxygens (including phenoxy) is 1. The van der Waals surface area contributed by atoms with Crippen molar-refractivity contribution in [2.24, 2.45) is 5.10 Å². The topological polar surface area (TPSA) is 88.1 Å². The van der Waals surface area contributed by atoms with E-state index < -0.39 is 22.0 Å². The Labute approximate surface area is 155 Å². The Morgan fingerprint density at radius 2 is 1.85 bits per heavy atom. The molecule has 0 aliphatic heterocycles. The fraction of sp³-hybridized carbons (Fsp3) is 0.556. The third-order valence-electron chi connectivity index (χ3n) is 4.25. The first-order valence-electron chi connectivity index (χ1n) is 8.90. The number of hydrazone groups is 1. The fourth-order valence-corrected chi connectivity index (χ4v) is 4.14. The van der Waals surface area contributed by atoms with E-state index in [1.807, 2.05) is 6.92 Å². The van der Waals surface area contributed by atoms with Gasteiger partial charge in [-0.3, -0.25) is 9.10 Å². The average Bonchev–Trinajstić information content (AvgIpc) is 2.61. The third-order valence-corrected chi connectivity index (χ3v) is 5.49. The second kappa shape index (κ2) is 9.02. The Bertz CT molecular complexity index is 736. The maximum atomic E-state index is 12.5. The first-order chi connectivity index (χ1) is 12.3. The number of nitrogens with one attached hydrogen (secondary N) is 1. The smallest absolute Gasteiger partial charge is 0.263 e. The Hall–Kier alpha value is -2.09. The minimum Gasteiger partial charge on any atom is -0.494 e. The van der Waals surface area contributed by atoms with Gasteiger partial charge in [0.05, 0.1) is 18.6 Å². The predicted octanol–water partition coefficient (Wildman–Crippen LogP) is 2.68. The molecule has 0 radical (unpaired) electrons. The predicted molar refractivity (Wildman–Crippen MR) is 103 cm³/mol. The van der Waals surface area contributed by atoms with E-state index in [-0.39, 0.29) is 0 Å². The highest BCUT2D eigenvalue weighted by Crippen LogP contribution is 2.24. The van der Waals surface area contributed by atoms with Crippen molar-refractivity contribution in [3.05, 3.63) is 24.3 Å². The van der Waals surface area contributed by atoms with Crippen molar-refractivity contribution in [1.29, 1.82) is 0 Å². The van der Waals surface area contributed by atoms with E-state index >= 15 is 0 Å². The summed E-state index contributed by atoms with van der Waals surface area (Å²) in [5.74, 6) is 0.188. The van der Waals surface area contributed by atoms with E-state index in [1.54, 1.807) is 31.2 Å². The van der Waals surface area contributed by atoms with Gasteiger partial charge in [0.2, 0.25) is 10.0 Å².